The first-order valence-electron chi connectivity index (χ1n) is 11.2. The third-order valence-corrected chi connectivity index (χ3v) is 5.59. The van der Waals surface area contributed by atoms with Gasteiger partial charge in [-0.15, -0.1) is 24.0 Å². The van der Waals surface area contributed by atoms with Gasteiger partial charge < -0.3 is 20.1 Å². The van der Waals surface area contributed by atoms with Crippen molar-refractivity contribution in [2.24, 2.45) is 4.99 Å². The van der Waals surface area contributed by atoms with E-state index in [1.165, 1.54) is 11.1 Å². The lowest BCUT2D eigenvalue weighted by molar-refractivity contribution is 0.0200. The highest BCUT2D eigenvalue weighted by atomic mass is 127. The average Bonchev–Trinajstić information content (AvgIpc) is 3.23. The second-order valence-corrected chi connectivity index (χ2v) is 8.15. The van der Waals surface area contributed by atoms with Crippen LogP contribution >= 0.6 is 24.0 Å². The van der Waals surface area contributed by atoms with E-state index in [9.17, 15) is 0 Å². The SMILES string of the molecule is CCNC(=NCCOCC1CCCO1)NC1CCN(Cc2cccc(C)c2)CC1.I. The Bertz CT molecular complexity index is 629. The van der Waals surface area contributed by atoms with Crippen molar-refractivity contribution >= 4 is 29.9 Å². The first-order valence-corrected chi connectivity index (χ1v) is 11.2. The average molecular weight is 530 g/mol. The molecule has 1 aromatic carbocycles. The molecule has 3 rings (SSSR count). The van der Waals surface area contributed by atoms with Gasteiger partial charge in [0.2, 0.25) is 0 Å². The van der Waals surface area contributed by atoms with Crippen molar-refractivity contribution in [3.8, 4) is 0 Å². The summed E-state index contributed by atoms with van der Waals surface area (Å²) in [5.41, 5.74) is 2.75. The zero-order chi connectivity index (χ0) is 20.3. The molecule has 30 heavy (non-hydrogen) atoms. The van der Waals surface area contributed by atoms with Gasteiger partial charge in [0, 0.05) is 38.8 Å². The Labute approximate surface area is 199 Å². The number of halogens is 1. The van der Waals surface area contributed by atoms with Gasteiger partial charge in [0.25, 0.3) is 0 Å². The molecular formula is C23H39IN4O2. The minimum atomic E-state index is 0. The number of hydrogen-bond acceptors (Lipinski definition) is 4. The smallest absolute Gasteiger partial charge is 0.191 e. The van der Waals surface area contributed by atoms with E-state index in [0.29, 0.717) is 25.8 Å². The molecule has 1 aromatic rings. The van der Waals surface area contributed by atoms with Gasteiger partial charge in [-0.3, -0.25) is 9.89 Å². The molecule has 2 aliphatic heterocycles. The van der Waals surface area contributed by atoms with E-state index in [-0.39, 0.29) is 30.1 Å². The van der Waals surface area contributed by atoms with Gasteiger partial charge in [-0.25, -0.2) is 0 Å². The first kappa shape index (κ1) is 25.4. The van der Waals surface area contributed by atoms with Crippen LogP contribution in [0.2, 0.25) is 0 Å². The maximum atomic E-state index is 5.72. The van der Waals surface area contributed by atoms with Crippen LogP contribution in [0.25, 0.3) is 0 Å². The molecule has 1 unspecified atom stereocenters. The zero-order valence-electron chi connectivity index (χ0n) is 18.6. The summed E-state index contributed by atoms with van der Waals surface area (Å²) in [6.45, 7) is 11.3. The third-order valence-electron chi connectivity index (χ3n) is 5.59. The third kappa shape index (κ3) is 9.08. The number of likely N-dealkylation sites (tertiary alicyclic amines) is 1. The number of benzene rings is 1. The number of hydrogen-bond donors (Lipinski definition) is 2. The Hall–Kier alpha value is -0.900. The van der Waals surface area contributed by atoms with Gasteiger partial charge in [-0.2, -0.15) is 0 Å². The monoisotopic (exact) mass is 530 g/mol. The van der Waals surface area contributed by atoms with E-state index < -0.39 is 0 Å². The Morgan fingerprint density at radius 2 is 2.10 bits per heavy atom. The number of nitrogens with one attached hydrogen (secondary N) is 2. The fourth-order valence-electron chi connectivity index (χ4n) is 4.03. The fraction of sp³-hybridized carbons (Fsp3) is 0.696. The highest BCUT2D eigenvalue weighted by Crippen LogP contribution is 2.15. The molecule has 0 aromatic heterocycles. The summed E-state index contributed by atoms with van der Waals surface area (Å²) < 4.78 is 11.3. The topological polar surface area (TPSA) is 58.1 Å². The number of nitrogens with zero attached hydrogens (tertiary/aromatic N) is 2. The van der Waals surface area contributed by atoms with Gasteiger partial charge >= 0.3 is 0 Å². The quantitative estimate of drug-likeness (QED) is 0.222. The molecule has 0 saturated carbocycles. The Morgan fingerprint density at radius 3 is 2.80 bits per heavy atom. The van der Waals surface area contributed by atoms with Crippen molar-refractivity contribution in [1.29, 1.82) is 0 Å². The van der Waals surface area contributed by atoms with E-state index in [4.69, 9.17) is 9.47 Å². The fourth-order valence-corrected chi connectivity index (χ4v) is 4.03. The van der Waals surface area contributed by atoms with Crippen LogP contribution in [0, 0.1) is 6.92 Å². The van der Waals surface area contributed by atoms with Gasteiger partial charge in [-0.1, -0.05) is 29.8 Å². The molecule has 0 bridgehead atoms. The molecule has 0 spiro atoms. The van der Waals surface area contributed by atoms with Crippen molar-refractivity contribution in [3.63, 3.8) is 0 Å². The molecule has 2 saturated heterocycles. The Kier molecular flexibility index (Phi) is 12.0. The van der Waals surface area contributed by atoms with E-state index in [0.717, 1.165) is 64.4 Å². The predicted molar refractivity (Wildman–Crippen MR) is 134 cm³/mol. The molecule has 0 amide bonds. The van der Waals surface area contributed by atoms with Crippen LogP contribution < -0.4 is 10.6 Å². The minimum absolute atomic E-state index is 0. The van der Waals surface area contributed by atoms with Crippen molar-refractivity contribution in [1.82, 2.24) is 15.5 Å². The van der Waals surface area contributed by atoms with Crippen LogP contribution in [-0.4, -0.2) is 69.0 Å². The van der Waals surface area contributed by atoms with Crippen LogP contribution in [0.5, 0.6) is 0 Å². The number of aliphatic imine (C=N–C) groups is 1. The standard InChI is InChI=1S/C23H38N4O2.HI/c1-3-24-23(25-11-15-28-18-22-8-5-14-29-22)26-21-9-12-27(13-10-21)17-20-7-4-6-19(2)16-20;/h4,6-7,16,21-22H,3,5,8-15,17-18H2,1-2H3,(H2,24,25,26);1H. The lowest BCUT2D eigenvalue weighted by atomic mass is 10.0. The summed E-state index contributed by atoms with van der Waals surface area (Å²) in [7, 11) is 0. The number of guanidine groups is 1. The summed E-state index contributed by atoms with van der Waals surface area (Å²) in [5.74, 6) is 0.908. The van der Waals surface area contributed by atoms with Crippen molar-refractivity contribution in [2.75, 3.05) is 46.0 Å². The molecule has 6 nitrogen and oxygen atoms in total. The zero-order valence-corrected chi connectivity index (χ0v) is 20.9. The molecule has 0 radical (unpaired) electrons. The molecule has 2 heterocycles. The van der Waals surface area contributed by atoms with Crippen molar-refractivity contribution in [3.05, 3.63) is 35.4 Å². The summed E-state index contributed by atoms with van der Waals surface area (Å²) in [5, 5.41) is 6.98. The van der Waals surface area contributed by atoms with Crippen molar-refractivity contribution in [2.45, 2.75) is 58.2 Å². The number of piperidine rings is 1. The normalized spacial score (nSPS) is 20.7. The second-order valence-electron chi connectivity index (χ2n) is 8.15. The van der Waals surface area contributed by atoms with Crippen LogP contribution in [-0.2, 0) is 16.0 Å². The van der Waals surface area contributed by atoms with Crippen molar-refractivity contribution < 1.29 is 9.47 Å². The summed E-state index contributed by atoms with van der Waals surface area (Å²) >= 11 is 0. The lowest BCUT2D eigenvalue weighted by Gasteiger charge is -2.33. The molecule has 2 fully saturated rings. The van der Waals surface area contributed by atoms with Gasteiger partial charge in [0.15, 0.2) is 5.96 Å². The van der Waals surface area contributed by atoms with Crippen LogP contribution in [0.3, 0.4) is 0 Å². The molecule has 2 N–H and O–H groups in total. The predicted octanol–water partition coefficient (Wildman–Crippen LogP) is 3.33. The second kappa shape index (κ2) is 14.2. The number of aryl methyl sites for hydroxylation is 1. The van der Waals surface area contributed by atoms with Crippen LogP contribution in [0.15, 0.2) is 29.3 Å². The maximum absolute atomic E-state index is 5.72. The van der Waals surface area contributed by atoms with Crippen LogP contribution in [0.4, 0.5) is 0 Å². The molecule has 0 aliphatic carbocycles. The Morgan fingerprint density at radius 1 is 1.27 bits per heavy atom. The molecular weight excluding hydrogens is 491 g/mol. The minimum Gasteiger partial charge on any atom is -0.377 e. The van der Waals surface area contributed by atoms with Gasteiger partial charge in [0.05, 0.1) is 25.9 Å². The van der Waals surface area contributed by atoms with Gasteiger partial charge in [-0.05, 0) is 45.1 Å². The summed E-state index contributed by atoms with van der Waals surface area (Å²) in [6.07, 6.45) is 4.85. The Balaban J connectivity index is 0.00000320. The van der Waals surface area contributed by atoms with E-state index in [1.807, 2.05) is 0 Å². The molecule has 2 aliphatic rings. The molecule has 1 atom stereocenters. The maximum Gasteiger partial charge on any atom is 0.191 e. The molecule has 7 heteroatoms. The van der Waals surface area contributed by atoms with E-state index >= 15 is 0 Å². The summed E-state index contributed by atoms with van der Waals surface area (Å²) in [4.78, 5) is 7.23. The van der Waals surface area contributed by atoms with E-state index in [1.54, 1.807) is 0 Å². The number of ether oxygens (including phenoxy) is 2. The van der Waals surface area contributed by atoms with E-state index in [2.05, 4.69) is 58.6 Å². The largest absolute Gasteiger partial charge is 0.377 e. The van der Waals surface area contributed by atoms with Crippen LogP contribution in [0.1, 0.15) is 43.7 Å². The highest BCUT2D eigenvalue weighted by Gasteiger charge is 2.20. The first-order chi connectivity index (χ1) is 14.2. The highest BCUT2D eigenvalue weighted by molar-refractivity contribution is 14.0. The summed E-state index contributed by atoms with van der Waals surface area (Å²) in [6, 6.07) is 9.32. The number of rotatable bonds is 9. The molecule has 170 valence electrons. The lowest BCUT2D eigenvalue weighted by Crippen LogP contribution is -2.48. The van der Waals surface area contributed by atoms with Gasteiger partial charge in [0.1, 0.15) is 0 Å².